The summed E-state index contributed by atoms with van der Waals surface area (Å²) in [5, 5.41) is 8.77. The lowest BCUT2D eigenvalue weighted by molar-refractivity contribution is -0.131. The molecule has 0 atom stereocenters. The predicted molar refractivity (Wildman–Crippen MR) is 78.8 cm³/mol. The van der Waals surface area contributed by atoms with Gasteiger partial charge in [0.05, 0.1) is 7.11 Å². The van der Waals surface area contributed by atoms with E-state index in [1.807, 2.05) is 18.2 Å². The number of aliphatic carboxylic acids is 1. The molecule has 1 saturated carbocycles. The molecular weight excluding hydrogens is 254 g/mol. The van der Waals surface area contributed by atoms with Gasteiger partial charge in [-0.05, 0) is 48.7 Å². The number of carboxylic acid groups (broad SMARTS) is 1. The van der Waals surface area contributed by atoms with E-state index in [1.165, 1.54) is 18.9 Å². The lowest BCUT2D eigenvalue weighted by Gasteiger charge is -2.21. The number of hydrogen-bond donors (Lipinski definition) is 1. The lowest BCUT2D eigenvalue weighted by Crippen LogP contribution is -2.25. The number of rotatable bonds is 7. The highest BCUT2D eigenvalue weighted by Gasteiger charge is 2.28. The topological polar surface area (TPSA) is 49.8 Å². The summed E-state index contributed by atoms with van der Waals surface area (Å²) in [6, 6.07) is 6.45. The maximum atomic E-state index is 10.7. The van der Waals surface area contributed by atoms with Gasteiger partial charge in [0, 0.05) is 18.7 Å². The Bertz CT molecular complexity index is 506. The summed E-state index contributed by atoms with van der Waals surface area (Å²) in [7, 11) is 1.64. The van der Waals surface area contributed by atoms with E-state index in [1.54, 1.807) is 13.2 Å². The quantitative estimate of drug-likeness (QED) is 0.777. The molecule has 1 aromatic rings. The molecule has 20 heavy (non-hydrogen) atoms. The van der Waals surface area contributed by atoms with Gasteiger partial charge in [0.1, 0.15) is 5.75 Å². The van der Waals surface area contributed by atoms with Crippen molar-refractivity contribution in [1.29, 1.82) is 0 Å². The molecule has 4 nitrogen and oxygen atoms in total. The minimum absolute atomic E-state index is 0.683. The third-order valence-corrected chi connectivity index (χ3v) is 3.60. The van der Waals surface area contributed by atoms with Crippen LogP contribution < -0.4 is 4.74 Å². The fraction of sp³-hybridized carbons (Fsp3) is 0.438. The average Bonchev–Trinajstić information content (AvgIpc) is 3.27. The van der Waals surface area contributed by atoms with Crippen LogP contribution in [0.1, 0.15) is 30.9 Å². The first-order valence-electron chi connectivity index (χ1n) is 6.96. The number of ether oxygens (including phenoxy) is 1. The number of carboxylic acids is 1. The summed E-state index contributed by atoms with van der Waals surface area (Å²) in [6.45, 7) is 3.99. The zero-order valence-corrected chi connectivity index (χ0v) is 12.0. The molecule has 1 fully saturated rings. The second kappa shape index (κ2) is 6.57. The molecule has 0 bridgehead atoms. The van der Waals surface area contributed by atoms with Crippen LogP contribution in [0.4, 0.5) is 0 Å². The Balaban J connectivity index is 2.23. The van der Waals surface area contributed by atoms with Gasteiger partial charge in [-0.3, -0.25) is 4.90 Å². The molecule has 108 valence electrons. The molecular formula is C16H21NO3. The Kier molecular flexibility index (Phi) is 4.79. The van der Waals surface area contributed by atoms with E-state index in [9.17, 15) is 4.79 Å². The predicted octanol–water partition coefficient (Wildman–Crippen LogP) is 2.78. The van der Waals surface area contributed by atoms with Gasteiger partial charge in [-0.15, -0.1) is 0 Å². The maximum Gasteiger partial charge on any atom is 0.328 e. The van der Waals surface area contributed by atoms with Gasteiger partial charge in [-0.25, -0.2) is 4.79 Å². The number of hydrogen-bond acceptors (Lipinski definition) is 3. The highest BCUT2D eigenvalue weighted by Crippen LogP contribution is 2.29. The normalized spacial score (nSPS) is 14.9. The van der Waals surface area contributed by atoms with E-state index in [0.717, 1.165) is 30.0 Å². The summed E-state index contributed by atoms with van der Waals surface area (Å²) < 4.78 is 5.27. The van der Waals surface area contributed by atoms with Crippen LogP contribution in [0.25, 0.3) is 6.08 Å². The molecule has 4 heteroatoms. The van der Waals surface area contributed by atoms with Crippen molar-refractivity contribution >= 4 is 12.0 Å². The molecule has 0 unspecified atom stereocenters. The molecule has 0 radical (unpaired) electrons. The van der Waals surface area contributed by atoms with E-state index in [-0.39, 0.29) is 0 Å². The van der Waals surface area contributed by atoms with Gasteiger partial charge < -0.3 is 9.84 Å². The first-order valence-corrected chi connectivity index (χ1v) is 6.96. The van der Waals surface area contributed by atoms with Gasteiger partial charge in [0.25, 0.3) is 0 Å². The third kappa shape index (κ3) is 3.84. The maximum absolute atomic E-state index is 10.7. The highest BCUT2D eigenvalue weighted by atomic mass is 16.5. The minimum Gasteiger partial charge on any atom is -0.497 e. The first kappa shape index (κ1) is 14.6. The zero-order chi connectivity index (χ0) is 14.5. The number of benzene rings is 1. The van der Waals surface area contributed by atoms with Crippen LogP contribution in [0, 0.1) is 0 Å². The van der Waals surface area contributed by atoms with Crippen LogP contribution >= 0.6 is 0 Å². The third-order valence-electron chi connectivity index (χ3n) is 3.60. The molecule has 1 N–H and O–H groups in total. The van der Waals surface area contributed by atoms with Crippen LogP contribution in [0.5, 0.6) is 5.75 Å². The molecule has 1 aromatic carbocycles. The second-order valence-corrected chi connectivity index (χ2v) is 5.03. The molecule has 0 aliphatic heterocycles. The summed E-state index contributed by atoms with van der Waals surface area (Å²) in [5.41, 5.74) is 2.04. The molecule has 0 aromatic heterocycles. The second-order valence-electron chi connectivity index (χ2n) is 5.03. The van der Waals surface area contributed by atoms with Crippen molar-refractivity contribution in [1.82, 2.24) is 4.90 Å². The van der Waals surface area contributed by atoms with Crippen molar-refractivity contribution in [3.63, 3.8) is 0 Å². The van der Waals surface area contributed by atoms with Crippen LogP contribution in [0.2, 0.25) is 0 Å². The smallest absolute Gasteiger partial charge is 0.328 e. The van der Waals surface area contributed by atoms with Crippen molar-refractivity contribution in [2.24, 2.45) is 0 Å². The standard InChI is InChI=1S/C16H21NO3/c1-3-17(14-6-7-14)11-13-10-15(20-2)8-4-12(13)5-9-16(18)19/h4-5,8-10,14H,3,6-7,11H2,1-2H3,(H,18,19). The zero-order valence-electron chi connectivity index (χ0n) is 12.0. The number of carbonyl (C=O) groups is 1. The molecule has 0 heterocycles. The van der Waals surface area contributed by atoms with E-state index >= 15 is 0 Å². The van der Waals surface area contributed by atoms with Gasteiger partial charge in [-0.2, -0.15) is 0 Å². The monoisotopic (exact) mass is 275 g/mol. The largest absolute Gasteiger partial charge is 0.497 e. The van der Waals surface area contributed by atoms with E-state index in [2.05, 4.69) is 11.8 Å². The van der Waals surface area contributed by atoms with Crippen LogP contribution in [0.3, 0.4) is 0 Å². The fourth-order valence-electron chi connectivity index (χ4n) is 2.33. The molecule has 2 rings (SSSR count). The van der Waals surface area contributed by atoms with Gasteiger partial charge >= 0.3 is 5.97 Å². The van der Waals surface area contributed by atoms with Crippen LogP contribution in [-0.2, 0) is 11.3 Å². The Morgan fingerprint density at radius 3 is 2.80 bits per heavy atom. The fourth-order valence-corrected chi connectivity index (χ4v) is 2.33. The molecule has 0 saturated heterocycles. The van der Waals surface area contributed by atoms with E-state index < -0.39 is 5.97 Å². The lowest BCUT2D eigenvalue weighted by atomic mass is 10.1. The van der Waals surface area contributed by atoms with Crippen LogP contribution in [0.15, 0.2) is 24.3 Å². The Morgan fingerprint density at radius 2 is 2.25 bits per heavy atom. The van der Waals surface area contributed by atoms with Crippen molar-refractivity contribution in [3.05, 3.63) is 35.4 Å². The van der Waals surface area contributed by atoms with Crippen molar-refractivity contribution in [2.45, 2.75) is 32.4 Å². The van der Waals surface area contributed by atoms with Crippen molar-refractivity contribution < 1.29 is 14.6 Å². The van der Waals surface area contributed by atoms with Gasteiger partial charge in [0.15, 0.2) is 0 Å². The van der Waals surface area contributed by atoms with Gasteiger partial charge in [0.2, 0.25) is 0 Å². The van der Waals surface area contributed by atoms with Crippen molar-refractivity contribution in [3.8, 4) is 5.75 Å². The summed E-state index contributed by atoms with van der Waals surface area (Å²) in [6.07, 6.45) is 5.35. The molecule has 1 aliphatic rings. The van der Waals surface area contributed by atoms with Crippen molar-refractivity contribution in [2.75, 3.05) is 13.7 Å². The first-order chi connectivity index (χ1) is 9.63. The summed E-state index contributed by atoms with van der Waals surface area (Å²) in [5.74, 6) is -0.124. The molecule has 1 aliphatic carbocycles. The number of methoxy groups -OCH3 is 1. The SMILES string of the molecule is CCN(Cc1cc(OC)ccc1C=CC(=O)O)C1CC1. The Morgan fingerprint density at radius 1 is 1.50 bits per heavy atom. The number of nitrogens with zero attached hydrogens (tertiary/aromatic N) is 1. The van der Waals surface area contributed by atoms with Crippen LogP contribution in [-0.4, -0.2) is 35.7 Å². The van der Waals surface area contributed by atoms with E-state index in [0.29, 0.717) is 6.04 Å². The highest BCUT2D eigenvalue weighted by molar-refractivity contribution is 5.85. The Labute approximate surface area is 119 Å². The summed E-state index contributed by atoms with van der Waals surface area (Å²) >= 11 is 0. The van der Waals surface area contributed by atoms with E-state index in [4.69, 9.17) is 9.84 Å². The molecule has 0 amide bonds. The minimum atomic E-state index is -0.929. The summed E-state index contributed by atoms with van der Waals surface area (Å²) in [4.78, 5) is 13.1. The molecule has 0 spiro atoms. The Hall–Kier alpha value is -1.81. The average molecular weight is 275 g/mol. The van der Waals surface area contributed by atoms with Gasteiger partial charge in [-0.1, -0.05) is 13.0 Å².